The van der Waals surface area contributed by atoms with E-state index >= 15 is 0 Å². The second-order valence-electron chi connectivity index (χ2n) is 6.26. The number of carboxylic acids is 2. The Kier molecular flexibility index (Phi) is 10.7. The lowest BCUT2D eigenvalue weighted by molar-refractivity contribution is -0.141. The van der Waals surface area contributed by atoms with E-state index in [9.17, 15) is 24.0 Å². The molecular weight excluding hydrogens is 360 g/mol. The molecule has 27 heavy (non-hydrogen) atoms. The maximum Gasteiger partial charge on any atom is 0.325 e. The predicted molar refractivity (Wildman–Crippen MR) is 94.5 cm³/mol. The van der Waals surface area contributed by atoms with Gasteiger partial charge in [0.2, 0.25) is 17.7 Å². The number of carbonyl (C=O) groups is 5. The van der Waals surface area contributed by atoms with Crippen LogP contribution in [0.25, 0.3) is 0 Å². The summed E-state index contributed by atoms with van der Waals surface area (Å²) in [6.07, 6.45) is 0.188. The minimum absolute atomic E-state index is 0.0779. The quantitative estimate of drug-likeness (QED) is 0.231. The summed E-state index contributed by atoms with van der Waals surface area (Å²) in [7, 11) is 0. The average Bonchev–Trinajstić information content (AvgIpc) is 2.60. The molecule has 11 nitrogen and oxygen atoms in total. The number of hydrogen-bond acceptors (Lipinski definition) is 6. The number of nitrogens with two attached hydrogens (primary N) is 1. The van der Waals surface area contributed by atoms with Crippen molar-refractivity contribution < 1.29 is 34.2 Å². The van der Waals surface area contributed by atoms with Crippen LogP contribution < -0.4 is 21.7 Å². The molecule has 11 heteroatoms. The Morgan fingerprint density at radius 3 is 2.07 bits per heavy atom. The lowest BCUT2D eigenvalue weighted by atomic mass is 9.97. The molecule has 0 spiro atoms. The Morgan fingerprint density at radius 2 is 1.59 bits per heavy atom. The summed E-state index contributed by atoms with van der Waals surface area (Å²) in [5.74, 6) is -4.56. The third-order valence-electron chi connectivity index (χ3n) is 3.97. The summed E-state index contributed by atoms with van der Waals surface area (Å²) in [6, 6.07) is -3.16. The second kappa shape index (κ2) is 11.8. The zero-order chi connectivity index (χ0) is 21.1. The number of amides is 3. The first-order valence-electron chi connectivity index (χ1n) is 8.57. The fourth-order valence-corrected chi connectivity index (χ4v) is 2.00. The molecule has 0 aliphatic heterocycles. The number of carboxylic acid groups (broad SMARTS) is 2. The highest BCUT2D eigenvalue weighted by atomic mass is 16.4. The number of hydrogen-bond donors (Lipinski definition) is 6. The Balaban J connectivity index is 4.77. The molecule has 0 aromatic heterocycles. The number of aliphatic carboxylic acids is 2. The molecule has 154 valence electrons. The van der Waals surface area contributed by atoms with Crippen LogP contribution in [0.3, 0.4) is 0 Å². The van der Waals surface area contributed by atoms with Crippen LogP contribution >= 0.6 is 0 Å². The highest BCUT2D eigenvalue weighted by molar-refractivity contribution is 5.92. The van der Waals surface area contributed by atoms with E-state index < -0.39 is 54.3 Å². The average molecular weight is 388 g/mol. The van der Waals surface area contributed by atoms with Crippen LogP contribution in [-0.4, -0.2) is 64.5 Å². The molecule has 3 amide bonds. The maximum absolute atomic E-state index is 12.3. The molecule has 4 unspecified atom stereocenters. The van der Waals surface area contributed by atoms with E-state index in [0.717, 1.165) is 0 Å². The normalized spacial score (nSPS) is 15.0. The van der Waals surface area contributed by atoms with Gasteiger partial charge in [-0.1, -0.05) is 20.3 Å². The van der Waals surface area contributed by atoms with Gasteiger partial charge in [0.05, 0.1) is 12.6 Å². The topological polar surface area (TPSA) is 188 Å². The first-order valence-corrected chi connectivity index (χ1v) is 8.57. The number of carbonyl (C=O) groups excluding carboxylic acids is 3. The standard InChI is InChI=1S/C16H28N4O7/c1-4-8(2)13(20-14(24)10(17)5-6-12(22)23)15(25)18-7-11(21)19-9(3)16(26)27/h8-10,13H,4-7,17H2,1-3H3,(H,18,25)(H,19,21)(H,20,24)(H,22,23)(H,26,27). The maximum atomic E-state index is 12.3. The van der Waals surface area contributed by atoms with E-state index in [1.54, 1.807) is 6.92 Å². The second-order valence-corrected chi connectivity index (χ2v) is 6.26. The van der Waals surface area contributed by atoms with Crippen molar-refractivity contribution in [1.82, 2.24) is 16.0 Å². The van der Waals surface area contributed by atoms with Crippen LogP contribution in [-0.2, 0) is 24.0 Å². The predicted octanol–water partition coefficient (Wildman–Crippen LogP) is -1.59. The van der Waals surface area contributed by atoms with Crippen molar-refractivity contribution in [1.29, 1.82) is 0 Å². The first kappa shape index (κ1) is 24.3. The summed E-state index contributed by atoms with van der Waals surface area (Å²) in [5.41, 5.74) is 5.63. The van der Waals surface area contributed by atoms with E-state index in [4.69, 9.17) is 15.9 Å². The zero-order valence-electron chi connectivity index (χ0n) is 15.7. The van der Waals surface area contributed by atoms with E-state index in [-0.39, 0.29) is 18.8 Å². The van der Waals surface area contributed by atoms with Gasteiger partial charge in [0.1, 0.15) is 12.1 Å². The fourth-order valence-electron chi connectivity index (χ4n) is 2.00. The zero-order valence-corrected chi connectivity index (χ0v) is 15.7. The van der Waals surface area contributed by atoms with Crippen LogP contribution in [0, 0.1) is 5.92 Å². The van der Waals surface area contributed by atoms with Crippen molar-refractivity contribution in [3.63, 3.8) is 0 Å². The van der Waals surface area contributed by atoms with Gasteiger partial charge in [-0.25, -0.2) is 0 Å². The van der Waals surface area contributed by atoms with Gasteiger partial charge in [0, 0.05) is 6.42 Å². The van der Waals surface area contributed by atoms with Crippen LogP contribution in [0.1, 0.15) is 40.0 Å². The Bertz CT molecular complexity index is 567. The van der Waals surface area contributed by atoms with Crippen LogP contribution in [0.15, 0.2) is 0 Å². The van der Waals surface area contributed by atoms with E-state index in [1.165, 1.54) is 6.92 Å². The van der Waals surface area contributed by atoms with Gasteiger partial charge in [-0.05, 0) is 19.3 Å². The summed E-state index contributed by atoms with van der Waals surface area (Å²) in [6.45, 7) is 4.36. The SMILES string of the molecule is CCC(C)C(NC(=O)C(N)CCC(=O)O)C(=O)NCC(=O)NC(C)C(=O)O. The fraction of sp³-hybridized carbons (Fsp3) is 0.688. The lowest BCUT2D eigenvalue weighted by Gasteiger charge is -2.25. The highest BCUT2D eigenvalue weighted by Gasteiger charge is 2.28. The smallest absolute Gasteiger partial charge is 0.325 e. The lowest BCUT2D eigenvalue weighted by Crippen LogP contribution is -2.55. The molecule has 0 radical (unpaired) electrons. The van der Waals surface area contributed by atoms with Crippen molar-refractivity contribution >= 4 is 29.7 Å². The van der Waals surface area contributed by atoms with Gasteiger partial charge in [-0.2, -0.15) is 0 Å². The molecule has 0 fully saturated rings. The summed E-state index contributed by atoms with van der Waals surface area (Å²) in [5, 5.41) is 24.4. The van der Waals surface area contributed by atoms with Crippen LogP contribution in [0.4, 0.5) is 0 Å². The summed E-state index contributed by atoms with van der Waals surface area (Å²) in [4.78, 5) is 57.3. The van der Waals surface area contributed by atoms with E-state index in [1.807, 2.05) is 6.92 Å². The van der Waals surface area contributed by atoms with Crippen molar-refractivity contribution in [2.45, 2.75) is 58.2 Å². The van der Waals surface area contributed by atoms with E-state index in [2.05, 4.69) is 16.0 Å². The molecule has 0 aliphatic carbocycles. The molecule has 0 bridgehead atoms. The van der Waals surface area contributed by atoms with Crippen LogP contribution in [0.5, 0.6) is 0 Å². The van der Waals surface area contributed by atoms with Crippen molar-refractivity contribution in [3.05, 3.63) is 0 Å². The van der Waals surface area contributed by atoms with Crippen molar-refractivity contribution in [2.75, 3.05) is 6.54 Å². The number of rotatable bonds is 12. The van der Waals surface area contributed by atoms with Gasteiger partial charge in [-0.15, -0.1) is 0 Å². The molecule has 4 atom stereocenters. The third kappa shape index (κ3) is 9.54. The molecule has 0 saturated heterocycles. The van der Waals surface area contributed by atoms with Gasteiger partial charge < -0.3 is 31.9 Å². The third-order valence-corrected chi connectivity index (χ3v) is 3.97. The van der Waals surface area contributed by atoms with Gasteiger partial charge in [0.25, 0.3) is 0 Å². The van der Waals surface area contributed by atoms with Crippen molar-refractivity contribution in [2.24, 2.45) is 11.7 Å². The van der Waals surface area contributed by atoms with Gasteiger partial charge in [0.15, 0.2) is 0 Å². The summed E-state index contributed by atoms with van der Waals surface area (Å²) < 4.78 is 0. The van der Waals surface area contributed by atoms with Crippen LogP contribution in [0.2, 0.25) is 0 Å². The Labute approximate surface area is 157 Å². The minimum atomic E-state index is -1.21. The molecule has 0 heterocycles. The molecule has 0 aromatic rings. The number of nitrogens with one attached hydrogen (secondary N) is 3. The molecule has 0 aliphatic rings. The molecule has 0 rings (SSSR count). The molecule has 7 N–H and O–H groups in total. The monoisotopic (exact) mass is 388 g/mol. The minimum Gasteiger partial charge on any atom is -0.481 e. The van der Waals surface area contributed by atoms with E-state index in [0.29, 0.717) is 6.42 Å². The largest absolute Gasteiger partial charge is 0.481 e. The first-order chi connectivity index (χ1) is 12.5. The summed E-state index contributed by atoms with van der Waals surface area (Å²) >= 11 is 0. The van der Waals surface area contributed by atoms with Gasteiger partial charge in [-0.3, -0.25) is 24.0 Å². The molecular formula is C16H28N4O7. The van der Waals surface area contributed by atoms with Crippen molar-refractivity contribution in [3.8, 4) is 0 Å². The van der Waals surface area contributed by atoms with Gasteiger partial charge >= 0.3 is 11.9 Å². The molecule has 0 saturated carbocycles. The highest BCUT2D eigenvalue weighted by Crippen LogP contribution is 2.09. The Morgan fingerprint density at radius 1 is 1.00 bits per heavy atom. The molecule has 0 aromatic carbocycles. The Hall–Kier alpha value is -2.69.